The lowest BCUT2D eigenvalue weighted by atomic mass is 9.97. The van der Waals surface area contributed by atoms with E-state index in [0.29, 0.717) is 41.8 Å². The zero-order chi connectivity index (χ0) is 25.7. The molecule has 0 saturated heterocycles. The van der Waals surface area contributed by atoms with Crippen molar-refractivity contribution in [2.75, 3.05) is 28.4 Å². The van der Waals surface area contributed by atoms with Gasteiger partial charge in [-0.25, -0.2) is 5.01 Å². The van der Waals surface area contributed by atoms with Gasteiger partial charge in [-0.3, -0.25) is 4.79 Å². The summed E-state index contributed by atoms with van der Waals surface area (Å²) in [5.74, 6) is 2.60. The molecular formula is C28H30N2O6. The molecule has 0 spiro atoms. The van der Waals surface area contributed by atoms with Crippen LogP contribution < -0.4 is 23.7 Å². The van der Waals surface area contributed by atoms with Crippen molar-refractivity contribution < 1.29 is 28.5 Å². The van der Waals surface area contributed by atoms with E-state index in [2.05, 4.69) is 5.10 Å². The van der Waals surface area contributed by atoms with Crippen molar-refractivity contribution in [2.24, 2.45) is 5.10 Å². The smallest absolute Gasteiger partial charge is 0.240 e. The molecule has 8 nitrogen and oxygen atoms in total. The molecule has 1 unspecified atom stereocenters. The summed E-state index contributed by atoms with van der Waals surface area (Å²) >= 11 is 0. The Labute approximate surface area is 211 Å². The van der Waals surface area contributed by atoms with E-state index in [1.54, 1.807) is 28.4 Å². The Balaban J connectivity index is 1.61. The van der Waals surface area contributed by atoms with Crippen LogP contribution >= 0.6 is 0 Å². The quantitative estimate of drug-likeness (QED) is 0.420. The maximum Gasteiger partial charge on any atom is 0.240 e. The van der Waals surface area contributed by atoms with Crippen molar-refractivity contribution in [1.29, 1.82) is 0 Å². The summed E-state index contributed by atoms with van der Waals surface area (Å²) in [5.41, 5.74) is 3.47. The van der Waals surface area contributed by atoms with Crippen molar-refractivity contribution in [2.45, 2.75) is 26.0 Å². The first kappa shape index (κ1) is 24.9. The average Bonchev–Trinajstić information content (AvgIpc) is 3.37. The Bertz CT molecular complexity index is 1230. The van der Waals surface area contributed by atoms with Crippen molar-refractivity contribution in [3.63, 3.8) is 0 Å². The van der Waals surface area contributed by atoms with Crippen LogP contribution in [-0.4, -0.2) is 45.1 Å². The number of benzene rings is 3. The number of hydrazone groups is 1. The van der Waals surface area contributed by atoms with Crippen LogP contribution in [0, 0.1) is 0 Å². The summed E-state index contributed by atoms with van der Waals surface area (Å²) in [6.07, 6.45) is 0.506. The molecule has 8 heteroatoms. The van der Waals surface area contributed by atoms with Gasteiger partial charge in [-0.05, 0) is 35.4 Å². The number of hydrogen-bond donors (Lipinski definition) is 0. The number of carbonyl (C=O) groups excluding carboxylic acids is 1. The molecule has 0 N–H and O–H groups in total. The van der Waals surface area contributed by atoms with Gasteiger partial charge in [-0.2, -0.15) is 5.10 Å². The Morgan fingerprint density at radius 1 is 0.861 bits per heavy atom. The van der Waals surface area contributed by atoms with E-state index in [4.69, 9.17) is 23.7 Å². The van der Waals surface area contributed by atoms with Gasteiger partial charge in [0.05, 0.1) is 40.2 Å². The lowest BCUT2D eigenvalue weighted by molar-refractivity contribution is -0.130. The van der Waals surface area contributed by atoms with Gasteiger partial charge in [0.1, 0.15) is 6.61 Å². The van der Waals surface area contributed by atoms with Crippen molar-refractivity contribution in [1.82, 2.24) is 5.01 Å². The van der Waals surface area contributed by atoms with E-state index < -0.39 is 0 Å². The molecule has 3 aromatic rings. The maximum atomic E-state index is 12.5. The predicted molar refractivity (Wildman–Crippen MR) is 136 cm³/mol. The molecule has 3 aromatic carbocycles. The molecule has 1 aliphatic heterocycles. The van der Waals surface area contributed by atoms with Crippen LogP contribution in [0.3, 0.4) is 0 Å². The molecule has 188 valence electrons. The number of carbonyl (C=O) groups is 1. The number of nitrogens with zero attached hydrogens (tertiary/aromatic N) is 2. The van der Waals surface area contributed by atoms with Crippen LogP contribution in [-0.2, 0) is 11.4 Å². The van der Waals surface area contributed by atoms with Gasteiger partial charge in [0.15, 0.2) is 23.0 Å². The summed E-state index contributed by atoms with van der Waals surface area (Å²) in [7, 11) is 6.29. The normalized spacial score (nSPS) is 14.8. The van der Waals surface area contributed by atoms with E-state index in [1.807, 2.05) is 60.7 Å². The van der Waals surface area contributed by atoms with Crippen LogP contribution in [0.25, 0.3) is 0 Å². The monoisotopic (exact) mass is 490 g/mol. The highest BCUT2D eigenvalue weighted by Crippen LogP contribution is 2.42. The highest BCUT2D eigenvalue weighted by atomic mass is 16.5. The second-order valence-electron chi connectivity index (χ2n) is 8.23. The minimum absolute atomic E-state index is 0.161. The molecule has 1 heterocycles. The number of hydrogen-bond acceptors (Lipinski definition) is 7. The fourth-order valence-corrected chi connectivity index (χ4v) is 4.23. The fraction of sp³-hybridized carbons (Fsp3) is 0.286. The molecule has 0 fully saturated rings. The van der Waals surface area contributed by atoms with Crippen LogP contribution in [0.5, 0.6) is 28.7 Å². The molecule has 0 bridgehead atoms. The van der Waals surface area contributed by atoms with Gasteiger partial charge in [0.25, 0.3) is 0 Å². The van der Waals surface area contributed by atoms with Gasteiger partial charge >= 0.3 is 0 Å². The van der Waals surface area contributed by atoms with Gasteiger partial charge < -0.3 is 23.7 Å². The first-order valence-electron chi connectivity index (χ1n) is 11.5. The third-order valence-corrected chi connectivity index (χ3v) is 6.04. The third kappa shape index (κ3) is 5.07. The molecule has 1 atom stereocenters. The maximum absolute atomic E-state index is 12.5. The Morgan fingerprint density at radius 3 is 2.11 bits per heavy atom. The van der Waals surface area contributed by atoms with E-state index in [1.165, 1.54) is 11.9 Å². The molecule has 0 saturated carbocycles. The first-order valence-corrected chi connectivity index (χ1v) is 11.5. The predicted octanol–water partition coefficient (Wildman–Crippen LogP) is 5.00. The van der Waals surface area contributed by atoms with Crippen LogP contribution in [0.1, 0.15) is 36.1 Å². The van der Waals surface area contributed by atoms with Crippen molar-refractivity contribution in [3.05, 3.63) is 77.4 Å². The topological polar surface area (TPSA) is 78.8 Å². The zero-order valence-electron chi connectivity index (χ0n) is 21.1. The highest BCUT2D eigenvalue weighted by molar-refractivity contribution is 6.04. The largest absolute Gasteiger partial charge is 0.493 e. The Kier molecular flexibility index (Phi) is 7.63. The van der Waals surface area contributed by atoms with Gasteiger partial charge in [-0.15, -0.1) is 0 Å². The van der Waals surface area contributed by atoms with Gasteiger partial charge in [-0.1, -0.05) is 36.4 Å². The third-order valence-electron chi connectivity index (χ3n) is 6.04. The van der Waals surface area contributed by atoms with Crippen molar-refractivity contribution >= 4 is 11.6 Å². The molecular weight excluding hydrogens is 460 g/mol. The molecule has 1 aliphatic rings. The second-order valence-corrected chi connectivity index (χ2v) is 8.23. The summed E-state index contributed by atoms with van der Waals surface area (Å²) < 4.78 is 28.0. The molecule has 0 aromatic heterocycles. The minimum Gasteiger partial charge on any atom is -0.493 e. The lowest BCUT2D eigenvalue weighted by Gasteiger charge is -2.21. The fourth-order valence-electron chi connectivity index (χ4n) is 4.23. The summed E-state index contributed by atoms with van der Waals surface area (Å²) in [6.45, 7) is 1.93. The van der Waals surface area contributed by atoms with Crippen LogP contribution in [0.4, 0.5) is 0 Å². The summed E-state index contributed by atoms with van der Waals surface area (Å²) in [6, 6.07) is 19.0. The van der Waals surface area contributed by atoms with E-state index in [9.17, 15) is 4.79 Å². The Hall–Kier alpha value is -4.20. The number of rotatable bonds is 9. The van der Waals surface area contributed by atoms with E-state index in [-0.39, 0.29) is 11.9 Å². The molecule has 0 radical (unpaired) electrons. The molecule has 4 rings (SSSR count). The molecule has 36 heavy (non-hydrogen) atoms. The SMILES string of the molecule is COc1cc(C2CC(c3cc(OC)c(OC)c(OC)c3)=NN2C(C)=O)ccc1OCc1ccccc1. The number of ether oxygens (including phenoxy) is 5. The van der Waals surface area contributed by atoms with E-state index in [0.717, 1.165) is 22.4 Å². The summed E-state index contributed by atoms with van der Waals surface area (Å²) in [4.78, 5) is 12.5. The molecule has 0 aliphatic carbocycles. The van der Waals surface area contributed by atoms with Crippen molar-refractivity contribution in [3.8, 4) is 28.7 Å². The molecule has 1 amide bonds. The minimum atomic E-state index is -0.298. The number of methoxy groups -OCH3 is 4. The van der Waals surface area contributed by atoms with Crippen LogP contribution in [0.15, 0.2) is 65.8 Å². The average molecular weight is 491 g/mol. The lowest BCUT2D eigenvalue weighted by Crippen LogP contribution is -2.24. The second kappa shape index (κ2) is 11.0. The van der Waals surface area contributed by atoms with E-state index >= 15 is 0 Å². The first-order chi connectivity index (χ1) is 17.5. The number of amides is 1. The Morgan fingerprint density at radius 2 is 1.53 bits per heavy atom. The zero-order valence-corrected chi connectivity index (χ0v) is 21.1. The van der Waals surface area contributed by atoms with Gasteiger partial charge in [0, 0.05) is 18.9 Å². The van der Waals surface area contributed by atoms with Gasteiger partial charge in [0.2, 0.25) is 11.7 Å². The standard InChI is InChI=1S/C28H30N2O6/c1-18(31)30-23(16-22(29-30)21-14-26(33-3)28(35-5)27(15-21)34-4)20-11-12-24(25(13-20)32-2)36-17-19-9-7-6-8-10-19/h6-15,23H,16-17H2,1-5H3. The summed E-state index contributed by atoms with van der Waals surface area (Å²) in [5, 5.41) is 6.15. The van der Waals surface area contributed by atoms with Crippen LogP contribution in [0.2, 0.25) is 0 Å². The highest BCUT2D eigenvalue weighted by Gasteiger charge is 2.33.